The molecule has 2 aromatic carbocycles. The highest BCUT2D eigenvalue weighted by Crippen LogP contribution is 2.42. The molecule has 0 aliphatic carbocycles. The number of aromatic hydroxyl groups is 2. The molecule has 1 heterocycles. The van der Waals surface area contributed by atoms with Gasteiger partial charge in [0.1, 0.15) is 6.61 Å². The van der Waals surface area contributed by atoms with E-state index in [1.807, 2.05) is 6.92 Å². The fourth-order valence-electron chi connectivity index (χ4n) is 5.26. The van der Waals surface area contributed by atoms with Gasteiger partial charge in [-0.3, -0.25) is 19.0 Å². The third kappa shape index (κ3) is 9.50. The van der Waals surface area contributed by atoms with Crippen LogP contribution in [0, 0.1) is 24.7 Å². The summed E-state index contributed by atoms with van der Waals surface area (Å²) < 4.78 is 53.2. The number of aliphatic hydroxyl groups is 1. The van der Waals surface area contributed by atoms with Crippen molar-refractivity contribution in [2.75, 3.05) is 19.8 Å². The van der Waals surface area contributed by atoms with Crippen molar-refractivity contribution in [3.63, 3.8) is 0 Å². The van der Waals surface area contributed by atoms with Crippen LogP contribution in [-0.2, 0) is 36.5 Å². The average molecular weight is 664 g/mol. The molecular formula is C34H40F3NO9. The lowest BCUT2D eigenvalue weighted by Crippen LogP contribution is -2.30. The van der Waals surface area contributed by atoms with E-state index in [9.17, 15) is 48.0 Å². The Morgan fingerprint density at radius 3 is 2.13 bits per heavy atom. The lowest BCUT2D eigenvalue weighted by Gasteiger charge is -2.23. The Hall–Kier alpha value is -4.52. The van der Waals surface area contributed by atoms with Gasteiger partial charge in [-0.25, -0.2) is 0 Å². The van der Waals surface area contributed by atoms with Crippen molar-refractivity contribution in [2.24, 2.45) is 17.8 Å². The molecule has 0 spiro atoms. The summed E-state index contributed by atoms with van der Waals surface area (Å²) in [5.74, 6) is -7.22. The Labute approximate surface area is 270 Å². The van der Waals surface area contributed by atoms with Crippen LogP contribution in [0.25, 0.3) is 16.8 Å². The number of halogens is 3. The van der Waals surface area contributed by atoms with E-state index in [0.717, 1.165) is 23.1 Å². The summed E-state index contributed by atoms with van der Waals surface area (Å²) in [5, 5.41) is 41.2. The van der Waals surface area contributed by atoms with Crippen molar-refractivity contribution in [1.82, 2.24) is 4.57 Å². The van der Waals surface area contributed by atoms with Gasteiger partial charge in [-0.05, 0) is 61.9 Å². The molecule has 0 saturated heterocycles. The van der Waals surface area contributed by atoms with Crippen molar-refractivity contribution in [3.05, 3.63) is 65.2 Å². The molecule has 0 aliphatic heterocycles. The number of esters is 2. The van der Waals surface area contributed by atoms with Crippen molar-refractivity contribution >= 4 is 17.9 Å². The SMILES string of the molecule is CCCCOC(=O)C(CC(C)C(=O)O)CC(Cc1c(C)c(O)n(-c2cc(-c3ccccc3)cc(C(F)(F)F)c2)c1O)C(=O)OCCO. The zero-order valence-corrected chi connectivity index (χ0v) is 26.4. The lowest BCUT2D eigenvalue weighted by atomic mass is 9.84. The summed E-state index contributed by atoms with van der Waals surface area (Å²) in [6.07, 6.45) is -4.24. The molecule has 3 aromatic rings. The number of hydrogen-bond donors (Lipinski definition) is 4. The summed E-state index contributed by atoms with van der Waals surface area (Å²) in [6.45, 7) is 3.91. The van der Waals surface area contributed by atoms with Crippen LogP contribution >= 0.6 is 0 Å². The molecule has 3 atom stereocenters. The van der Waals surface area contributed by atoms with Crippen LogP contribution in [0.3, 0.4) is 0 Å². The Kier molecular flexibility index (Phi) is 12.9. The van der Waals surface area contributed by atoms with E-state index in [2.05, 4.69) is 0 Å². The van der Waals surface area contributed by atoms with Gasteiger partial charge in [-0.1, -0.05) is 50.6 Å². The standard InChI is InChI=1S/C34H40F3NO9/c1-4-5-12-46-32(44)24(14-20(2)31(42)43)15-25(33(45)47-13-11-39)18-28-21(3)29(40)38(30(28)41)27-17-23(22-9-7-6-8-10-22)16-26(19-27)34(35,36)37/h6-10,16-17,19-20,24-25,39-41H,4-5,11-15,18H2,1-3H3,(H,42,43). The smallest absolute Gasteiger partial charge is 0.416 e. The first kappa shape index (κ1) is 36.9. The maximum absolute atomic E-state index is 14.0. The monoisotopic (exact) mass is 663 g/mol. The maximum Gasteiger partial charge on any atom is 0.416 e. The maximum atomic E-state index is 14.0. The van der Waals surface area contributed by atoms with Gasteiger partial charge in [-0.15, -0.1) is 0 Å². The minimum Gasteiger partial charge on any atom is -0.494 e. The van der Waals surface area contributed by atoms with E-state index in [0.29, 0.717) is 12.0 Å². The Morgan fingerprint density at radius 2 is 1.53 bits per heavy atom. The molecule has 0 amide bonds. The number of unbranched alkanes of at least 4 members (excludes halogenated alkanes) is 1. The van der Waals surface area contributed by atoms with Crippen LogP contribution < -0.4 is 0 Å². The van der Waals surface area contributed by atoms with Gasteiger partial charge in [0.15, 0.2) is 0 Å². The Bertz CT molecular complexity index is 1540. The summed E-state index contributed by atoms with van der Waals surface area (Å²) in [5.41, 5.74) is -0.539. The lowest BCUT2D eigenvalue weighted by molar-refractivity contribution is -0.154. The number of hydrogen-bond acceptors (Lipinski definition) is 8. The van der Waals surface area contributed by atoms with Crippen molar-refractivity contribution in [1.29, 1.82) is 0 Å². The number of nitrogens with zero attached hydrogens (tertiary/aromatic N) is 1. The highest BCUT2D eigenvalue weighted by atomic mass is 19.4. The second kappa shape index (κ2) is 16.3. The summed E-state index contributed by atoms with van der Waals surface area (Å²) in [7, 11) is 0. The first-order valence-electron chi connectivity index (χ1n) is 15.3. The number of carbonyl (C=O) groups excluding carboxylic acids is 2. The number of carbonyl (C=O) groups is 3. The number of carboxylic acids is 1. The van der Waals surface area contributed by atoms with Crippen molar-refractivity contribution in [2.45, 2.75) is 59.1 Å². The molecule has 3 rings (SSSR count). The number of alkyl halides is 3. The molecule has 256 valence electrons. The molecule has 0 radical (unpaired) electrons. The summed E-state index contributed by atoms with van der Waals surface area (Å²) in [6, 6.07) is 11.3. The topological polar surface area (TPSA) is 156 Å². The molecule has 0 fully saturated rings. The van der Waals surface area contributed by atoms with Gasteiger partial charge in [0.2, 0.25) is 11.8 Å². The van der Waals surface area contributed by atoms with Gasteiger partial charge >= 0.3 is 24.1 Å². The molecule has 13 heteroatoms. The second-order valence-corrected chi connectivity index (χ2v) is 11.4. The fraction of sp³-hybridized carbons (Fsp3) is 0.441. The fourth-order valence-corrected chi connectivity index (χ4v) is 5.26. The highest BCUT2D eigenvalue weighted by molar-refractivity contribution is 5.78. The normalized spacial score (nSPS) is 13.5. The van der Waals surface area contributed by atoms with Crippen LogP contribution in [-0.4, -0.2) is 62.7 Å². The van der Waals surface area contributed by atoms with Crippen LogP contribution in [0.15, 0.2) is 48.5 Å². The zero-order chi connectivity index (χ0) is 34.9. The van der Waals surface area contributed by atoms with E-state index in [1.165, 1.54) is 19.9 Å². The van der Waals surface area contributed by atoms with E-state index >= 15 is 0 Å². The molecular weight excluding hydrogens is 623 g/mol. The molecule has 4 N–H and O–H groups in total. The first-order chi connectivity index (χ1) is 22.2. The largest absolute Gasteiger partial charge is 0.494 e. The number of ether oxygens (including phenoxy) is 2. The third-order valence-electron chi connectivity index (χ3n) is 7.92. The molecule has 0 bridgehead atoms. The number of carboxylic acid groups (broad SMARTS) is 1. The predicted molar refractivity (Wildman–Crippen MR) is 165 cm³/mol. The summed E-state index contributed by atoms with van der Waals surface area (Å²) >= 11 is 0. The van der Waals surface area contributed by atoms with Gasteiger partial charge in [0.05, 0.1) is 42.2 Å². The highest BCUT2D eigenvalue weighted by Gasteiger charge is 2.35. The van der Waals surface area contributed by atoms with Crippen molar-refractivity contribution in [3.8, 4) is 28.6 Å². The van der Waals surface area contributed by atoms with Gasteiger partial charge < -0.3 is 29.9 Å². The minimum atomic E-state index is -4.76. The zero-order valence-electron chi connectivity index (χ0n) is 26.4. The van der Waals surface area contributed by atoms with Crippen LogP contribution in [0.4, 0.5) is 13.2 Å². The number of benzene rings is 2. The molecule has 10 nitrogen and oxygen atoms in total. The van der Waals surface area contributed by atoms with Crippen LogP contribution in [0.2, 0.25) is 0 Å². The average Bonchev–Trinajstić information content (AvgIpc) is 3.24. The number of aromatic nitrogens is 1. The van der Waals surface area contributed by atoms with Gasteiger partial charge in [0.25, 0.3) is 0 Å². The van der Waals surface area contributed by atoms with E-state index in [-0.39, 0.29) is 54.9 Å². The number of rotatable bonds is 16. The third-order valence-corrected chi connectivity index (χ3v) is 7.92. The van der Waals surface area contributed by atoms with E-state index in [1.54, 1.807) is 30.3 Å². The van der Waals surface area contributed by atoms with Gasteiger partial charge in [-0.2, -0.15) is 13.2 Å². The predicted octanol–water partition coefficient (Wildman–Crippen LogP) is 6.04. The second-order valence-electron chi connectivity index (χ2n) is 11.4. The quantitative estimate of drug-likeness (QED) is 0.106. The number of aliphatic carboxylic acids is 1. The molecule has 1 aromatic heterocycles. The minimum absolute atomic E-state index is 0.00324. The van der Waals surface area contributed by atoms with E-state index in [4.69, 9.17) is 9.47 Å². The molecule has 47 heavy (non-hydrogen) atoms. The van der Waals surface area contributed by atoms with Crippen molar-refractivity contribution < 1.29 is 57.5 Å². The molecule has 0 saturated carbocycles. The van der Waals surface area contributed by atoms with Crippen LogP contribution in [0.5, 0.6) is 11.8 Å². The molecule has 0 aliphatic rings. The van der Waals surface area contributed by atoms with Crippen LogP contribution in [0.1, 0.15) is 56.2 Å². The Balaban J connectivity index is 2.09. The van der Waals surface area contributed by atoms with E-state index < -0.39 is 65.8 Å². The summed E-state index contributed by atoms with van der Waals surface area (Å²) in [4.78, 5) is 37.9. The van der Waals surface area contributed by atoms with Gasteiger partial charge in [0, 0.05) is 11.1 Å². The Morgan fingerprint density at radius 1 is 0.894 bits per heavy atom. The first-order valence-corrected chi connectivity index (χ1v) is 15.3. The molecule has 3 unspecified atom stereocenters. The number of aliphatic hydroxyl groups excluding tert-OH is 1.